The summed E-state index contributed by atoms with van der Waals surface area (Å²) >= 11 is 0. The van der Waals surface area contributed by atoms with Crippen LogP contribution < -0.4 is 4.89 Å². The fourth-order valence-electron chi connectivity index (χ4n) is 5.13. The number of rotatable bonds is 36. The van der Waals surface area contributed by atoms with Gasteiger partial charge >= 0.3 is 11.9 Å². The number of phosphoric ester groups is 1. The highest BCUT2D eigenvalue weighted by Crippen LogP contribution is 2.38. The number of carbonyl (C=O) groups excluding carboxylic acids is 2. The van der Waals surface area contributed by atoms with Crippen LogP contribution in [0, 0.1) is 0 Å². The lowest BCUT2D eigenvalue weighted by Gasteiger charge is -2.28. The number of quaternary nitrogens is 1. The lowest BCUT2D eigenvalue weighted by Crippen LogP contribution is -2.37. The van der Waals surface area contributed by atoms with Crippen molar-refractivity contribution in [1.29, 1.82) is 0 Å². The summed E-state index contributed by atoms with van der Waals surface area (Å²) in [6, 6.07) is 0. The Kier molecular flexibility index (Phi) is 32.8. The molecule has 2 atom stereocenters. The van der Waals surface area contributed by atoms with E-state index in [0.717, 1.165) is 77.0 Å². The van der Waals surface area contributed by atoms with Crippen molar-refractivity contribution in [2.75, 3.05) is 47.5 Å². The summed E-state index contributed by atoms with van der Waals surface area (Å²) in [4.78, 5) is 37.4. The Hall–Kier alpha value is -1.77. The van der Waals surface area contributed by atoms with E-state index in [0.29, 0.717) is 23.9 Å². The average Bonchev–Trinajstić information content (AvgIpc) is 3.07. The Morgan fingerprint density at radius 3 is 1.63 bits per heavy atom. The number of phosphoric acid groups is 1. The topological polar surface area (TPSA) is 111 Å². The van der Waals surface area contributed by atoms with Gasteiger partial charge < -0.3 is 27.9 Å². The number of likely N-dealkylation sites (N-methyl/N-ethyl adjacent to an activating group) is 1. The first-order valence-electron chi connectivity index (χ1n) is 20.2. The van der Waals surface area contributed by atoms with Crippen LogP contribution in [0.2, 0.25) is 0 Å². The van der Waals surface area contributed by atoms with Gasteiger partial charge in [-0.3, -0.25) is 14.2 Å². The first kappa shape index (κ1) is 49.2. The van der Waals surface area contributed by atoms with Crippen LogP contribution >= 0.6 is 7.82 Å². The van der Waals surface area contributed by atoms with E-state index >= 15 is 0 Å². The van der Waals surface area contributed by atoms with Gasteiger partial charge in [0.25, 0.3) is 7.82 Å². The van der Waals surface area contributed by atoms with Crippen molar-refractivity contribution in [1.82, 2.24) is 0 Å². The van der Waals surface area contributed by atoms with Gasteiger partial charge in [-0.05, 0) is 64.2 Å². The van der Waals surface area contributed by atoms with Gasteiger partial charge in [-0.1, -0.05) is 121 Å². The van der Waals surface area contributed by atoms with E-state index in [1.54, 1.807) is 0 Å². The van der Waals surface area contributed by atoms with Crippen LogP contribution in [0.15, 0.2) is 36.5 Å². The summed E-state index contributed by atoms with van der Waals surface area (Å²) < 4.78 is 33.8. The average molecular weight is 742 g/mol. The van der Waals surface area contributed by atoms with Crippen LogP contribution in [-0.4, -0.2) is 70.0 Å². The molecule has 51 heavy (non-hydrogen) atoms. The van der Waals surface area contributed by atoms with Crippen LogP contribution in [0.4, 0.5) is 0 Å². The Labute approximate surface area is 312 Å². The van der Waals surface area contributed by atoms with Gasteiger partial charge in [-0.2, -0.15) is 0 Å². The van der Waals surface area contributed by atoms with Crippen molar-refractivity contribution in [2.24, 2.45) is 0 Å². The van der Waals surface area contributed by atoms with Crippen molar-refractivity contribution in [2.45, 2.75) is 168 Å². The molecular weight excluding hydrogens is 665 g/mol. The monoisotopic (exact) mass is 742 g/mol. The van der Waals surface area contributed by atoms with Gasteiger partial charge in [0.05, 0.1) is 27.7 Å². The highest BCUT2D eigenvalue weighted by Gasteiger charge is 2.21. The normalized spacial score (nSPS) is 14.1. The lowest BCUT2D eigenvalue weighted by molar-refractivity contribution is -0.870. The van der Waals surface area contributed by atoms with Crippen LogP contribution in [0.25, 0.3) is 0 Å². The molecule has 0 N–H and O–H groups in total. The molecule has 298 valence electrons. The Bertz CT molecular complexity index is 975. The number of ether oxygens (including phenoxy) is 2. The third-order valence-electron chi connectivity index (χ3n) is 8.38. The summed E-state index contributed by atoms with van der Waals surface area (Å²) in [6.07, 6.45) is 35.9. The molecule has 9 nitrogen and oxygen atoms in total. The molecule has 0 saturated carbocycles. The highest BCUT2D eigenvalue weighted by atomic mass is 31.2. The fraction of sp³-hybridized carbons (Fsp3) is 0.805. The van der Waals surface area contributed by atoms with Crippen LogP contribution in [0.5, 0.6) is 0 Å². The highest BCUT2D eigenvalue weighted by molar-refractivity contribution is 7.45. The number of carbonyl (C=O) groups is 2. The predicted octanol–water partition coefficient (Wildman–Crippen LogP) is 10.3. The van der Waals surface area contributed by atoms with Crippen molar-refractivity contribution in [3.8, 4) is 0 Å². The SMILES string of the molecule is CCCC/C=C\C/C=C\CCCCCCCC(=O)OC[C@H](COP(=O)([O-])OCC[N+](C)(C)C)OC(=O)CCCCCCC/C=C\CCCCCC. The molecule has 0 radical (unpaired) electrons. The van der Waals surface area contributed by atoms with E-state index in [2.05, 4.69) is 50.3 Å². The van der Waals surface area contributed by atoms with E-state index in [9.17, 15) is 19.0 Å². The molecule has 0 aromatic rings. The minimum Gasteiger partial charge on any atom is -0.756 e. The molecule has 0 fully saturated rings. The van der Waals surface area contributed by atoms with Crippen molar-refractivity contribution in [3.63, 3.8) is 0 Å². The van der Waals surface area contributed by atoms with Crippen molar-refractivity contribution >= 4 is 19.8 Å². The van der Waals surface area contributed by atoms with Gasteiger partial charge in [0.2, 0.25) is 0 Å². The molecule has 0 aromatic carbocycles. The Morgan fingerprint density at radius 2 is 1.08 bits per heavy atom. The molecule has 0 aromatic heterocycles. The zero-order chi connectivity index (χ0) is 37.9. The van der Waals surface area contributed by atoms with Crippen LogP contribution in [0.3, 0.4) is 0 Å². The fourth-order valence-corrected chi connectivity index (χ4v) is 5.86. The second kappa shape index (κ2) is 34.0. The largest absolute Gasteiger partial charge is 0.756 e. The molecule has 0 aliphatic heterocycles. The first-order valence-corrected chi connectivity index (χ1v) is 21.7. The number of nitrogens with zero attached hydrogens (tertiary/aromatic N) is 1. The van der Waals surface area contributed by atoms with Crippen molar-refractivity contribution < 1.29 is 42.1 Å². The summed E-state index contributed by atoms with van der Waals surface area (Å²) in [5, 5.41) is 0. The van der Waals surface area contributed by atoms with Gasteiger partial charge in [-0.25, -0.2) is 0 Å². The Morgan fingerprint density at radius 1 is 0.608 bits per heavy atom. The maximum atomic E-state index is 12.6. The number of allylic oxidation sites excluding steroid dienone is 6. The third-order valence-corrected chi connectivity index (χ3v) is 9.35. The van der Waals surface area contributed by atoms with Crippen molar-refractivity contribution in [3.05, 3.63) is 36.5 Å². The standard InChI is InChI=1S/C41H76NO8P/c1-6-8-10-12-14-16-18-20-22-23-25-27-29-31-33-40(43)47-37-39(38-49-51(45,46)48-36-35-42(3,4)5)50-41(44)34-32-30-28-26-24-21-19-17-15-13-11-9-7-2/h12,14,17-20,39H,6-11,13,15-16,21-38H2,1-5H3/b14-12-,19-17-,20-18-/t39-/m1/s1. The number of hydrogen-bond acceptors (Lipinski definition) is 8. The smallest absolute Gasteiger partial charge is 0.306 e. The maximum Gasteiger partial charge on any atom is 0.306 e. The Balaban J connectivity index is 4.45. The molecule has 0 amide bonds. The second-order valence-corrected chi connectivity index (χ2v) is 16.1. The molecule has 0 spiro atoms. The molecule has 0 bridgehead atoms. The zero-order valence-corrected chi connectivity index (χ0v) is 34.2. The number of esters is 2. The number of unbranched alkanes of at least 4 members (excludes halogenated alkanes) is 16. The van der Waals surface area contributed by atoms with E-state index in [1.807, 2.05) is 21.1 Å². The minimum absolute atomic E-state index is 0.0352. The zero-order valence-electron chi connectivity index (χ0n) is 33.3. The molecule has 0 aliphatic rings. The minimum atomic E-state index is -4.62. The summed E-state index contributed by atoms with van der Waals surface area (Å²) in [6.45, 7) is 4.13. The molecule has 0 heterocycles. The summed E-state index contributed by atoms with van der Waals surface area (Å²) in [5.41, 5.74) is 0. The predicted molar refractivity (Wildman–Crippen MR) is 208 cm³/mol. The molecular formula is C41H76NO8P. The van der Waals surface area contributed by atoms with Crippen LogP contribution in [0.1, 0.15) is 162 Å². The van der Waals surface area contributed by atoms with Gasteiger partial charge in [0.1, 0.15) is 19.8 Å². The molecule has 0 aliphatic carbocycles. The lowest BCUT2D eigenvalue weighted by atomic mass is 10.1. The van der Waals surface area contributed by atoms with Crippen LogP contribution in [-0.2, 0) is 32.7 Å². The van der Waals surface area contributed by atoms with E-state index in [-0.39, 0.29) is 26.1 Å². The van der Waals surface area contributed by atoms with Gasteiger partial charge in [-0.15, -0.1) is 0 Å². The van der Waals surface area contributed by atoms with E-state index in [1.165, 1.54) is 44.9 Å². The first-order chi connectivity index (χ1) is 24.5. The summed E-state index contributed by atoms with van der Waals surface area (Å²) in [7, 11) is 1.15. The third kappa shape index (κ3) is 37.8. The quantitative estimate of drug-likeness (QED) is 0.0205. The number of hydrogen-bond donors (Lipinski definition) is 0. The van der Waals surface area contributed by atoms with Gasteiger partial charge in [0.15, 0.2) is 6.10 Å². The van der Waals surface area contributed by atoms with Gasteiger partial charge in [0, 0.05) is 12.8 Å². The van der Waals surface area contributed by atoms with E-state index < -0.39 is 32.5 Å². The second-order valence-electron chi connectivity index (χ2n) is 14.6. The molecule has 10 heteroatoms. The maximum absolute atomic E-state index is 12.6. The molecule has 0 rings (SSSR count). The molecule has 0 saturated heterocycles. The summed E-state index contributed by atoms with van der Waals surface area (Å²) in [5.74, 6) is -0.863. The van der Waals surface area contributed by atoms with E-state index in [4.69, 9.17) is 18.5 Å². The molecule has 1 unspecified atom stereocenters.